The van der Waals surface area contributed by atoms with Crippen molar-refractivity contribution in [3.63, 3.8) is 0 Å². The first-order valence-corrected chi connectivity index (χ1v) is 7.93. The highest BCUT2D eigenvalue weighted by atomic mass is 32.1. The van der Waals surface area contributed by atoms with E-state index >= 15 is 0 Å². The topological polar surface area (TPSA) is 67.2 Å². The van der Waals surface area contributed by atoms with E-state index < -0.39 is 0 Å². The number of nitrogens with one attached hydrogen (secondary N) is 2. The minimum Gasteiger partial charge on any atom is -0.397 e. The summed E-state index contributed by atoms with van der Waals surface area (Å²) in [6.07, 6.45) is 4.48. The summed E-state index contributed by atoms with van der Waals surface area (Å²) < 4.78 is 0. The Balaban J connectivity index is 2.23. The molecule has 0 aliphatic heterocycles. The highest BCUT2D eigenvalue weighted by Gasteiger charge is 2.32. The Morgan fingerprint density at radius 1 is 1.45 bits per heavy atom. The predicted octanol–water partition coefficient (Wildman–Crippen LogP) is 3.34. The van der Waals surface area contributed by atoms with E-state index in [9.17, 15) is 4.79 Å². The molecule has 0 saturated heterocycles. The van der Waals surface area contributed by atoms with Crippen LogP contribution in [0.5, 0.6) is 0 Å². The Morgan fingerprint density at radius 2 is 2.15 bits per heavy atom. The van der Waals surface area contributed by atoms with Crippen LogP contribution in [-0.4, -0.2) is 19.0 Å². The molecule has 0 unspecified atom stereocenters. The van der Waals surface area contributed by atoms with Gasteiger partial charge < -0.3 is 16.4 Å². The molecule has 0 aromatic carbocycles. The molecule has 1 aliphatic rings. The van der Waals surface area contributed by atoms with Gasteiger partial charge in [-0.1, -0.05) is 11.6 Å². The SMILES string of the molecule is CCNC(=O)c1sc(NCC=C(C)C)c(C2CC2)c1N. The van der Waals surface area contributed by atoms with E-state index in [1.165, 1.54) is 29.8 Å². The van der Waals surface area contributed by atoms with E-state index in [1.807, 2.05) is 6.92 Å². The summed E-state index contributed by atoms with van der Waals surface area (Å²) in [6, 6.07) is 0. The number of anilines is 2. The summed E-state index contributed by atoms with van der Waals surface area (Å²) >= 11 is 1.48. The quantitative estimate of drug-likeness (QED) is 0.705. The van der Waals surface area contributed by atoms with Gasteiger partial charge in [0, 0.05) is 18.7 Å². The molecule has 0 bridgehead atoms. The third-order valence-electron chi connectivity index (χ3n) is 3.29. The third-order valence-corrected chi connectivity index (χ3v) is 4.46. The number of amides is 1. The molecule has 1 amide bonds. The lowest BCUT2D eigenvalue weighted by atomic mass is 10.1. The summed E-state index contributed by atoms with van der Waals surface area (Å²) in [7, 11) is 0. The first-order valence-electron chi connectivity index (χ1n) is 7.12. The van der Waals surface area contributed by atoms with Gasteiger partial charge in [-0.25, -0.2) is 0 Å². The number of nitrogens with two attached hydrogens (primary N) is 1. The van der Waals surface area contributed by atoms with Crippen LogP contribution in [0, 0.1) is 0 Å². The molecule has 5 heteroatoms. The van der Waals surface area contributed by atoms with Crippen LogP contribution in [0.3, 0.4) is 0 Å². The second-order valence-electron chi connectivity index (χ2n) is 5.38. The van der Waals surface area contributed by atoms with Gasteiger partial charge in [0.25, 0.3) is 5.91 Å². The van der Waals surface area contributed by atoms with Gasteiger partial charge in [0.05, 0.1) is 10.7 Å². The highest BCUT2D eigenvalue weighted by molar-refractivity contribution is 7.18. The van der Waals surface area contributed by atoms with Gasteiger partial charge in [-0.3, -0.25) is 4.79 Å². The second kappa shape index (κ2) is 6.31. The van der Waals surface area contributed by atoms with E-state index in [1.54, 1.807) is 0 Å². The molecule has 0 radical (unpaired) electrons. The van der Waals surface area contributed by atoms with Crippen molar-refractivity contribution < 1.29 is 4.79 Å². The van der Waals surface area contributed by atoms with Crippen LogP contribution in [0.15, 0.2) is 11.6 Å². The molecular formula is C15H23N3OS. The largest absolute Gasteiger partial charge is 0.397 e. The van der Waals surface area contributed by atoms with Crippen molar-refractivity contribution in [2.75, 3.05) is 24.1 Å². The molecule has 1 aliphatic carbocycles. The first kappa shape index (κ1) is 14.9. The number of hydrogen-bond acceptors (Lipinski definition) is 4. The maximum atomic E-state index is 12.0. The van der Waals surface area contributed by atoms with Crippen molar-refractivity contribution in [3.8, 4) is 0 Å². The monoisotopic (exact) mass is 293 g/mol. The second-order valence-corrected chi connectivity index (χ2v) is 6.40. The minimum atomic E-state index is -0.0628. The zero-order valence-corrected chi connectivity index (χ0v) is 13.2. The van der Waals surface area contributed by atoms with Crippen LogP contribution < -0.4 is 16.4 Å². The summed E-state index contributed by atoms with van der Waals surface area (Å²) in [5, 5.41) is 7.29. The summed E-state index contributed by atoms with van der Waals surface area (Å²) in [4.78, 5) is 12.7. The Kier molecular flexibility index (Phi) is 4.70. The number of rotatable bonds is 6. The van der Waals surface area contributed by atoms with Gasteiger partial charge in [0.1, 0.15) is 4.88 Å². The number of carbonyl (C=O) groups excluding carboxylic acids is 1. The number of thiophene rings is 1. The number of carbonyl (C=O) groups is 1. The molecule has 0 spiro atoms. The van der Waals surface area contributed by atoms with E-state index in [0.29, 0.717) is 23.0 Å². The van der Waals surface area contributed by atoms with Gasteiger partial charge in [0.2, 0.25) is 0 Å². The van der Waals surface area contributed by atoms with Crippen molar-refractivity contribution in [1.82, 2.24) is 5.32 Å². The van der Waals surface area contributed by atoms with E-state index in [2.05, 4.69) is 30.6 Å². The molecule has 1 heterocycles. The van der Waals surface area contributed by atoms with E-state index in [4.69, 9.17) is 5.73 Å². The Hall–Kier alpha value is -1.49. The maximum Gasteiger partial charge on any atom is 0.263 e. The van der Waals surface area contributed by atoms with Crippen LogP contribution in [0.2, 0.25) is 0 Å². The standard InChI is InChI=1S/C15H23N3OS/c1-4-17-14(19)13-12(16)11(10-5-6-10)15(20-13)18-8-7-9(2)3/h7,10,18H,4-6,8,16H2,1-3H3,(H,17,19). The fraction of sp³-hybridized carbons (Fsp3) is 0.533. The smallest absolute Gasteiger partial charge is 0.263 e. The molecule has 4 nitrogen and oxygen atoms in total. The predicted molar refractivity (Wildman–Crippen MR) is 86.6 cm³/mol. The van der Waals surface area contributed by atoms with Crippen molar-refractivity contribution in [1.29, 1.82) is 0 Å². The van der Waals surface area contributed by atoms with Crippen molar-refractivity contribution in [2.45, 2.75) is 39.5 Å². The number of allylic oxidation sites excluding steroid dienone is 1. The maximum absolute atomic E-state index is 12.0. The van der Waals surface area contributed by atoms with Crippen LogP contribution >= 0.6 is 11.3 Å². The molecule has 1 saturated carbocycles. The lowest BCUT2D eigenvalue weighted by molar-refractivity contribution is 0.0960. The highest BCUT2D eigenvalue weighted by Crippen LogP contribution is 2.50. The fourth-order valence-electron chi connectivity index (χ4n) is 2.12. The molecule has 1 aromatic heterocycles. The van der Waals surface area contributed by atoms with E-state index in [-0.39, 0.29) is 5.91 Å². The molecule has 4 N–H and O–H groups in total. The Bertz CT molecular complexity index is 525. The number of hydrogen-bond donors (Lipinski definition) is 3. The number of nitrogen functional groups attached to an aromatic ring is 1. The van der Waals surface area contributed by atoms with Gasteiger partial charge in [-0.2, -0.15) is 0 Å². The summed E-state index contributed by atoms with van der Waals surface area (Å²) in [5.74, 6) is 0.468. The van der Waals surface area contributed by atoms with Crippen LogP contribution in [-0.2, 0) is 0 Å². The normalized spacial score (nSPS) is 13.9. The minimum absolute atomic E-state index is 0.0628. The van der Waals surface area contributed by atoms with Crippen molar-refractivity contribution in [3.05, 3.63) is 22.1 Å². The van der Waals surface area contributed by atoms with Gasteiger partial charge >= 0.3 is 0 Å². The van der Waals surface area contributed by atoms with Crippen LogP contribution in [0.1, 0.15) is 54.8 Å². The average molecular weight is 293 g/mol. The Labute approximate surface area is 124 Å². The lowest BCUT2D eigenvalue weighted by Gasteiger charge is -2.05. The van der Waals surface area contributed by atoms with Crippen molar-refractivity contribution >= 4 is 27.9 Å². The Morgan fingerprint density at radius 3 is 2.70 bits per heavy atom. The van der Waals surface area contributed by atoms with Gasteiger partial charge in [-0.15, -0.1) is 11.3 Å². The van der Waals surface area contributed by atoms with E-state index in [0.717, 1.165) is 17.1 Å². The summed E-state index contributed by atoms with van der Waals surface area (Å²) in [6.45, 7) is 7.46. The van der Waals surface area contributed by atoms with Gasteiger partial charge in [0.15, 0.2) is 0 Å². The molecule has 1 aromatic rings. The lowest BCUT2D eigenvalue weighted by Crippen LogP contribution is -2.22. The van der Waals surface area contributed by atoms with Gasteiger partial charge in [-0.05, 0) is 39.5 Å². The fourth-order valence-corrected chi connectivity index (χ4v) is 3.25. The van der Waals surface area contributed by atoms with Crippen LogP contribution in [0.25, 0.3) is 0 Å². The zero-order valence-electron chi connectivity index (χ0n) is 12.4. The summed E-state index contributed by atoms with van der Waals surface area (Å²) in [5.41, 5.74) is 9.30. The average Bonchev–Trinajstić information content (AvgIpc) is 3.15. The zero-order chi connectivity index (χ0) is 14.7. The van der Waals surface area contributed by atoms with Crippen LogP contribution in [0.4, 0.5) is 10.7 Å². The molecule has 1 fully saturated rings. The van der Waals surface area contributed by atoms with Crippen molar-refractivity contribution in [2.24, 2.45) is 0 Å². The molecule has 2 rings (SSSR count). The molecule has 0 atom stereocenters. The molecule has 110 valence electrons. The molecule has 20 heavy (non-hydrogen) atoms. The third kappa shape index (κ3) is 3.33. The molecular weight excluding hydrogens is 270 g/mol. The first-order chi connectivity index (χ1) is 9.54.